The molecule has 1 aromatic rings. The van der Waals surface area contributed by atoms with E-state index in [9.17, 15) is 0 Å². The van der Waals surface area contributed by atoms with E-state index < -0.39 is 0 Å². The van der Waals surface area contributed by atoms with Crippen molar-refractivity contribution in [3.63, 3.8) is 0 Å². The summed E-state index contributed by atoms with van der Waals surface area (Å²) >= 11 is 0. The third-order valence-electron chi connectivity index (χ3n) is 2.55. The topological polar surface area (TPSA) is 15.6 Å². The Morgan fingerprint density at radius 2 is 2.06 bits per heavy atom. The fourth-order valence-corrected chi connectivity index (χ4v) is 1.36. The van der Waals surface area contributed by atoms with Crippen molar-refractivity contribution in [3.8, 4) is 0 Å². The Bertz CT molecular complexity index is 341. The van der Waals surface area contributed by atoms with Crippen molar-refractivity contribution in [2.75, 3.05) is 13.6 Å². The first-order valence-corrected chi connectivity index (χ1v) is 5.61. The van der Waals surface area contributed by atoms with Gasteiger partial charge >= 0.3 is 0 Å². The molecular weight excluding hydrogens is 196 g/mol. The average Bonchev–Trinajstić information content (AvgIpc) is 2.34. The molecule has 0 amide bonds. The molecule has 2 heteroatoms. The van der Waals surface area contributed by atoms with Gasteiger partial charge in [0.15, 0.2) is 0 Å². The van der Waals surface area contributed by atoms with E-state index >= 15 is 0 Å². The molecule has 0 atom stereocenters. The molecule has 0 spiro atoms. The van der Waals surface area contributed by atoms with Crippen LogP contribution in [0.3, 0.4) is 0 Å². The SMILES string of the molecule is C=CCCN(C)C(C)=NCc1ccccc1. The molecule has 1 aromatic carbocycles. The Balaban J connectivity index is 2.47. The van der Waals surface area contributed by atoms with Gasteiger partial charge in [-0.25, -0.2) is 0 Å². The first-order chi connectivity index (χ1) is 7.74. The molecule has 0 N–H and O–H groups in total. The predicted molar refractivity (Wildman–Crippen MR) is 70.7 cm³/mol. The van der Waals surface area contributed by atoms with Gasteiger partial charge in [0.1, 0.15) is 0 Å². The van der Waals surface area contributed by atoms with Crippen molar-refractivity contribution in [2.24, 2.45) is 4.99 Å². The minimum Gasteiger partial charge on any atom is -0.363 e. The van der Waals surface area contributed by atoms with E-state index in [2.05, 4.69) is 35.7 Å². The second-order valence-corrected chi connectivity index (χ2v) is 3.85. The second kappa shape index (κ2) is 6.83. The molecule has 0 aliphatic carbocycles. The van der Waals surface area contributed by atoms with E-state index in [4.69, 9.17) is 0 Å². The first-order valence-electron chi connectivity index (χ1n) is 5.61. The zero-order valence-electron chi connectivity index (χ0n) is 10.2. The number of hydrogen-bond acceptors (Lipinski definition) is 1. The number of aliphatic imine (C=N–C) groups is 1. The van der Waals surface area contributed by atoms with E-state index in [-0.39, 0.29) is 0 Å². The van der Waals surface area contributed by atoms with E-state index in [0.29, 0.717) is 0 Å². The van der Waals surface area contributed by atoms with Crippen LogP contribution in [-0.2, 0) is 6.54 Å². The zero-order valence-corrected chi connectivity index (χ0v) is 10.2. The molecule has 0 saturated carbocycles. The quantitative estimate of drug-likeness (QED) is 0.419. The lowest BCUT2D eigenvalue weighted by Crippen LogP contribution is -2.25. The smallest absolute Gasteiger partial charge is 0.0959 e. The molecule has 0 aliphatic rings. The molecule has 0 unspecified atom stereocenters. The summed E-state index contributed by atoms with van der Waals surface area (Å²) in [5.74, 6) is 1.07. The van der Waals surface area contributed by atoms with Crippen molar-refractivity contribution in [1.29, 1.82) is 0 Å². The van der Waals surface area contributed by atoms with Crippen LogP contribution in [0.2, 0.25) is 0 Å². The molecule has 0 fully saturated rings. The third-order valence-corrected chi connectivity index (χ3v) is 2.55. The molecular formula is C14H20N2. The summed E-state index contributed by atoms with van der Waals surface area (Å²) in [4.78, 5) is 6.71. The minimum atomic E-state index is 0.755. The Morgan fingerprint density at radius 1 is 1.38 bits per heavy atom. The lowest BCUT2D eigenvalue weighted by Gasteiger charge is -2.17. The standard InChI is InChI=1S/C14H20N2/c1-4-5-11-16(3)13(2)15-12-14-9-7-6-8-10-14/h4,6-10H,1,5,11-12H2,2-3H3. The number of rotatable bonds is 5. The van der Waals surface area contributed by atoms with Gasteiger partial charge in [0, 0.05) is 13.6 Å². The van der Waals surface area contributed by atoms with E-state index in [1.165, 1.54) is 5.56 Å². The van der Waals surface area contributed by atoms with E-state index in [0.717, 1.165) is 25.3 Å². The summed E-state index contributed by atoms with van der Waals surface area (Å²) in [6.07, 6.45) is 2.93. The van der Waals surface area contributed by atoms with Gasteiger partial charge in [-0.05, 0) is 18.9 Å². The zero-order chi connectivity index (χ0) is 11.8. The van der Waals surface area contributed by atoms with Gasteiger partial charge in [0.05, 0.1) is 12.4 Å². The normalized spacial score (nSPS) is 11.2. The van der Waals surface area contributed by atoms with Crippen molar-refractivity contribution in [2.45, 2.75) is 19.9 Å². The van der Waals surface area contributed by atoms with Gasteiger partial charge in [-0.1, -0.05) is 36.4 Å². The van der Waals surface area contributed by atoms with Gasteiger partial charge in [-0.3, -0.25) is 4.99 Å². The third kappa shape index (κ3) is 4.30. The molecule has 86 valence electrons. The molecule has 2 nitrogen and oxygen atoms in total. The van der Waals surface area contributed by atoms with Crippen LogP contribution in [0.4, 0.5) is 0 Å². The molecule has 0 bridgehead atoms. The van der Waals surface area contributed by atoms with Crippen LogP contribution in [0, 0.1) is 0 Å². The summed E-state index contributed by atoms with van der Waals surface area (Å²) in [6.45, 7) is 7.50. The van der Waals surface area contributed by atoms with Crippen LogP contribution in [0.15, 0.2) is 48.0 Å². The maximum Gasteiger partial charge on any atom is 0.0959 e. The molecule has 16 heavy (non-hydrogen) atoms. The maximum absolute atomic E-state index is 4.56. The summed E-state index contributed by atoms with van der Waals surface area (Å²) in [5.41, 5.74) is 1.25. The molecule has 0 radical (unpaired) electrons. The van der Waals surface area contributed by atoms with Crippen molar-refractivity contribution in [1.82, 2.24) is 4.90 Å². The van der Waals surface area contributed by atoms with Gasteiger partial charge in [0.2, 0.25) is 0 Å². The van der Waals surface area contributed by atoms with Crippen LogP contribution in [0.1, 0.15) is 18.9 Å². The second-order valence-electron chi connectivity index (χ2n) is 3.85. The van der Waals surface area contributed by atoms with Crippen LogP contribution in [0.5, 0.6) is 0 Å². The summed E-state index contributed by atoms with van der Waals surface area (Å²) in [7, 11) is 2.06. The Hall–Kier alpha value is -1.57. The highest BCUT2D eigenvalue weighted by Gasteiger charge is 1.98. The number of hydrogen-bond donors (Lipinski definition) is 0. The number of nitrogens with zero attached hydrogens (tertiary/aromatic N) is 2. The van der Waals surface area contributed by atoms with Crippen LogP contribution in [-0.4, -0.2) is 24.3 Å². The largest absolute Gasteiger partial charge is 0.363 e. The van der Waals surface area contributed by atoms with Crippen LogP contribution >= 0.6 is 0 Å². The molecule has 0 aliphatic heterocycles. The average molecular weight is 216 g/mol. The van der Waals surface area contributed by atoms with Crippen molar-refractivity contribution >= 4 is 5.84 Å². The van der Waals surface area contributed by atoms with Gasteiger partial charge in [-0.2, -0.15) is 0 Å². The van der Waals surface area contributed by atoms with E-state index in [1.54, 1.807) is 0 Å². The molecule has 0 heterocycles. The van der Waals surface area contributed by atoms with Crippen LogP contribution < -0.4 is 0 Å². The monoisotopic (exact) mass is 216 g/mol. The van der Waals surface area contributed by atoms with Gasteiger partial charge in [-0.15, -0.1) is 6.58 Å². The first kappa shape index (κ1) is 12.5. The lowest BCUT2D eigenvalue weighted by molar-refractivity contribution is 0.507. The molecule has 0 saturated heterocycles. The highest BCUT2D eigenvalue weighted by Crippen LogP contribution is 2.01. The number of benzene rings is 1. The minimum absolute atomic E-state index is 0.755. The van der Waals surface area contributed by atoms with Gasteiger partial charge < -0.3 is 4.90 Å². The molecule has 0 aromatic heterocycles. The fourth-order valence-electron chi connectivity index (χ4n) is 1.36. The fraction of sp³-hybridized carbons (Fsp3) is 0.357. The predicted octanol–water partition coefficient (Wildman–Crippen LogP) is 3.11. The number of amidine groups is 1. The van der Waals surface area contributed by atoms with Crippen molar-refractivity contribution in [3.05, 3.63) is 48.6 Å². The van der Waals surface area contributed by atoms with Crippen LogP contribution in [0.25, 0.3) is 0 Å². The summed E-state index contributed by atoms with van der Waals surface area (Å²) in [5, 5.41) is 0. The summed E-state index contributed by atoms with van der Waals surface area (Å²) < 4.78 is 0. The highest BCUT2D eigenvalue weighted by molar-refractivity contribution is 5.79. The summed E-state index contributed by atoms with van der Waals surface area (Å²) in [6, 6.07) is 10.3. The highest BCUT2D eigenvalue weighted by atomic mass is 15.1. The Morgan fingerprint density at radius 3 is 2.69 bits per heavy atom. The molecule has 1 rings (SSSR count). The Labute approximate surface area is 98.3 Å². The maximum atomic E-state index is 4.56. The van der Waals surface area contributed by atoms with Crippen molar-refractivity contribution < 1.29 is 0 Å². The lowest BCUT2D eigenvalue weighted by atomic mass is 10.2. The Kier molecular flexibility index (Phi) is 5.34. The van der Waals surface area contributed by atoms with E-state index in [1.807, 2.05) is 31.2 Å². The van der Waals surface area contributed by atoms with Gasteiger partial charge in [0.25, 0.3) is 0 Å².